The van der Waals surface area contributed by atoms with Crippen LogP contribution < -0.4 is 14.8 Å². The number of benzene rings is 4. The Bertz CT molecular complexity index is 1470. The third-order valence-corrected chi connectivity index (χ3v) is 5.89. The highest BCUT2D eigenvalue weighted by Gasteiger charge is 2.13. The smallest absolute Gasteiger partial charge is 0.266 e. The molecule has 0 aliphatic carbocycles. The number of amides is 1. The van der Waals surface area contributed by atoms with Gasteiger partial charge in [-0.1, -0.05) is 71.7 Å². The first-order valence-corrected chi connectivity index (χ1v) is 11.4. The lowest BCUT2D eigenvalue weighted by molar-refractivity contribution is -0.112. The third kappa shape index (κ3) is 5.75. The van der Waals surface area contributed by atoms with Gasteiger partial charge in [-0.05, 0) is 47.4 Å². The molecule has 7 heteroatoms. The second kappa shape index (κ2) is 11.0. The molecule has 0 atom stereocenters. The van der Waals surface area contributed by atoms with Crippen LogP contribution in [-0.4, -0.2) is 13.0 Å². The predicted octanol–water partition coefficient (Wildman–Crippen LogP) is 7.28. The Morgan fingerprint density at radius 3 is 2.57 bits per heavy atom. The second-order valence-electron chi connectivity index (χ2n) is 7.59. The molecule has 4 aromatic carbocycles. The zero-order valence-electron chi connectivity index (χ0n) is 18.7. The average molecular weight is 503 g/mol. The molecule has 0 unspecified atom stereocenters. The van der Waals surface area contributed by atoms with Gasteiger partial charge in [0.1, 0.15) is 18.2 Å². The predicted molar refractivity (Wildman–Crippen MR) is 140 cm³/mol. The maximum Gasteiger partial charge on any atom is 0.266 e. The van der Waals surface area contributed by atoms with E-state index in [1.54, 1.807) is 42.5 Å². The molecule has 0 aliphatic rings. The summed E-state index contributed by atoms with van der Waals surface area (Å²) in [4.78, 5) is 12.8. The summed E-state index contributed by atoms with van der Waals surface area (Å²) >= 11 is 12.2. The lowest BCUT2D eigenvalue weighted by atomic mass is 10.1. The van der Waals surface area contributed by atoms with Gasteiger partial charge in [0.15, 0.2) is 11.5 Å². The number of carbonyl (C=O) groups is 1. The minimum absolute atomic E-state index is 0.0402. The normalized spacial score (nSPS) is 11.1. The fourth-order valence-electron chi connectivity index (χ4n) is 3.53. The van der Waals surface area contributed by atoms with Gasteiger partial charge in [0, 0.05) is 26.7 Å². The molecule has 0 heterocycles. The van der Waals surface area contributed by atoms with E-state index in [4.69, 9.17) is 32.7 Å². The molecule has 0 aliphatic heterocycles. The van der Waals surface area contributed by atoms with Gasteiger partial charge in [-0.25, -0.2) is 0 Å². The first-order valence-electron chi connectivity index (χ1n) is 10.6. The van der Waals surface area contributed by atoms with E-state index in [0.29, 0.717) is 32.8 Å². The number of hydrogen-bond acceptors (Lipinski definition) is 4. The Morgan fingerprint density at radius 2 is 1.80 bits per heavy atom. The fraction of sp³-hybridized carbons (Fsp3) is 0.0714. The van der Waals surface area contributed by atoms with Crippen molar-refractivity contribution in [2.24, 2.45) is 0 Å². The average Bonchev–Trinajstić information content (AvgIpc) is 2.87. The monoisotopic (exact) mass is 502 g/mol. The van der Waals surface area contributed by atoms with Crippen molar-refractivity contribution < 1.29 is 14.3 Å². The maximum atomic E-state index is 12.8. The first kappa shape index (κ1) is 24.2. The molecule has 4 aromatic rings. The van der Waals surface area contributed by atoms with E-state index in [2.05, 4.69) is 5.32 Å². The summed E-state index contributed by atoms with van der Waals surface area (Å²) < 4.78 is 11.3. The van der Waals surface area contributed by atoms with Gasteiger partial charge in [-0.2, -0.15) is 5.26 Å². The number of methoxy groups -OCH3 is 1. The van der Waals surface area contributed by atoms with E-state index in [1.165, 1.54) is 13.2 Å². The number of halogens is 2. The number of nitrogens with one attached hydrogen (secondary N) is 1. The summed E-state index contributed by atoms with van der Waals surface area (Å²) in [6.45, 7) is 0.221. The number of anilines is 1. The number of rotatable bonds is 7. The molecule has 4 rings (SSSR count). The lowest BCUT2D eigenvalue weighted by Crippen LogP contribution is -2.13. The van der Waals surface area contributed by atoms with Crippen LogP contribution in [0.1, 0.15) is 11.1 Å². The molecular formula is C28H20Cl2N2O3. The van der Waals surface area contributed by atoms with E-state index >= 15 is 0 Å². The van der Waals surface area contributed by atoms with E-state index in [1.807, 2.05) is 42.5 Å². The molecule has 0 radical (unpaired) electrons. The molecule has 1 N–H and O–H groups in total. The maximum absolute atomic E-state index is 12.8. The van der Waals surface area contributed by atoms with E-state index < -0.39 is 5.91 Å². The van der Waals surface area contributed by atoms with E-state index in [-0.39, 0.29) is 12.2 Å². The van der Waals surface area contributed by atoms with Crippen molar-refractivity contribution in [2.45, 2.75) is 6.61 Å². The molecule has 0 bridgehead atoms. The van der Waals surface area contributed by atoms with Crippen LogP contribution in [0.4, 0.5) is 5.69 Å². The van der Waals surface area contributed by atoms with Crippen molar-refractivity contribution in [3.05, 3.63) is 106 Å². The van der Waals surface area contributed by atoms with Crippen LogP contribution >= 0.6 is 23.2 Å². The lowest BCUT2D eigenvalue weighted by Gasteiger charge is -2.12. The Morgan fingerprint density at radius 1 is 1.00 bits per heavy atom. The Hall–Kier alpha value is -3.98. The second-order valence-corrected chi connectivity index (χ2v) is 8.43. The first-order chi connectivity index (χ1) is 17.0. The Kier molecular flexibility index (Phi) is 7.57. The summed E-state index contributed by atoms with van der Waals surface area (Å²) in [5.41, 5.74) is 1.99. The molecule has 0 saturated heterocycles. The number of nitrogens with zero attached hydrogens (tertiary/aromatic N) is 1. The van der Waals surface area contributed by atoms with Crippen LogP contribution in [0.5, 0.6) is 11.5 Å². The van der Waals surface area contributed by atoms with Crippen LogP contribution in [0.3, 0.4) is 0 Å². The summed E-state index contributed by atoms with van der Waals surface area (Å²) in [6.07, 6.45) is 1.50. The quantitative estimate of drug-likeness (QED) is 0.213. The number of fused-ring (bicyclic) bond motifs is 1. The Balaban J connectivity index is 1.53. The van der Waals surface area contributed by atoms with Gasteiger partial charge < -0.3 is 14.8 Å². The number of nitriles is 1. The summed E-state index contributed by atoms with van der Waals surface area (Å²) in [7, 11) is 1.52. The van der Waals surface area contributed by atoms with Crippen molar-refractivity contribution in [3.8, 4) is 17.6 Å². The van der Waals surface area contributed by atoms with Crippen molar-refractivity contribution >= 4 is 51.6 Å². The van der Waals surface area contributed by atoms with Gasteiger partial charge in [-0.15, -0.1) is 0 Å². The number of hydrogen-bond donors (Lipinski definition) is 1. The minimum Gasteiger partial charge on any atom is -0.493 e. The highest BCUT2D eigenvalue weighted by Crippen LogP contribution is 2.31. The fourth-order valence-corrected chi connectivity index (χ4v) is 3.99. The van der Waals surface area contributed by atoms with Gasteiger partial charge in [0.05, 0.1) is 7.11 Å². The molecule has 5 nitrogen and oxygen atoms in total. The Labute approximate surface area is 213 Å². The van der Waals surface area contributed by atoms with Crippen molar-refractivity contribution in [1.29, 1.82) is 5.26 Å². The highest BCUT2D eigenvalue weighted by molar-refractivity contribution is 6.35. The van der Waals surface area contributed by atoms with Crippen LogP contribution in [0.25, 0.3) is 16.8 Å². The molecule has 0 aromatic heterocycles. The van der Waals surface area contributed by atoms with Crippen LogP contribution in [0.15, 0.2) is 84.4 Å². The summed E-state index contributed by atoms with van der Waals surface area (Å²) in [5.74, 6) is 0.450. The van der Waals surface area contributed by atoms with Crippen molar-refractivity contribution in [2.75, 3.05) is 12.4 Å². The SMILES string of the molecule is COc1cc(/C=C(\C#N)C(=O)Nc2cccc3ccccc23)ccc1OCc1ccc(Cl)cc1Cl. The molecule has 35 heavy (non-hydrogen) atoms. The molecule has 1 amide bonds. The van der Waals surface area contributed by atoms with Crippen molar-refractivity contribution in [1.82, 2.24) is 0 Å². The number of ether oxygens (including phenoxy) is 2. The van der Waals surface area contributed by atoms with Crippen LogP contribution in [-0.2, 0) is 11.4 Å². The van der Waals surface area contributed by atoms with E-state index in [0.717, 1.165) is 16.3 Å². The molecule has 0 fully saturated rings. The highest BCUT2D eigenvalue weighted by atomic mass is 35.5. The summed E-state index contributed by atoms with van der Waals surface area (Å²) in [5, 5.41) is 15.4. The van der Waals surface area contributed by atoms with Crippen LogP contribution in [0.2, 0.25) is 10.0 Å². The molecule has 0 saturated carbocycles. The number of carbonyl (C=O) groups excluding carboxylic acids is 1. The van der Waals surface area contributed by atoms with Crippen molar-refractivity contribution in [3.63, 3.8) is 0 Å². The zero-order chi connectivity index (χ0) is 24.8. The third-order valence-electron chi connectivity index (χ3n) is 5.30. The van der Waals surface area contributed by atoms with Crippen LogP contribution in [0, 0.1) is 11.3 Å². The largest absolute Gasteiger partial charge is 0.493 e. The van der Waals surface area contributed by atoms with E-state index in [9.17, 15) is 10.1 Å². The molecule has 174 valence electrons. The minimum atomic E-state index is -0.500. The van der Waals surface area contributed by atoms with Gasteiger partial charge in [0.25, 0.3) is 5.91 Å². The van der Waals surface area contributed by atoms with Gasteiger partial charge in [-0.3, -0.25) is 4.79 Å². The molecular weight excluding hydrogens is 483 g/mol. The van der Waals surface area contributed by atoms with Gasteiger partial charge >= 0.3 is 0 Å². The molecule has 0 spiro atoms. The zero-order valence-corrected chi connectivity index (χ0v) is 20.2. The standard InChI is InChI=1S/C28H20Cl2N2O3/c1-34-27-14-18(9-12-26(27)35-17-20-10-11-22(29)15-24(20)30)13-21(16-31)28(33)32-25-8-4-6-19-5-2-3-7-23(19)25/h2-15H,17H2,1H3,(H,32,33)/b21-13+. The summed E-state index contributed by atoms with van der Waals surface area (Å²) in [6, 6.07) is 25.6. The van der Waals surface area contributed by atoms with Gasteiger partial charge in [0.2, 0.25) is 0 Å². The topological polar surface area (TPSA) is 71.3 Å².